The topological polar surface area (TPSA) is 84.2 Å². The van der Waals surface area contributed by atoms with E-state index >= 15 is 0 Å². The van der Waals surface area contributed by atoms with E-state index in [1.54, 1.807) is 35.6 Å². The number of aryl methyl sites for hydroxylation is 1. The number of hydrogen-bond donors (Lipinski definition) is 3. The van der Waals surface area contributed by atoms with Crippen LogP contribution < -0.4 is 16.4 Å². The predicted molar refractivity (Wildman–Crippen MR) is 80.9 cm³/mol. The molecule has 0 saturated carbocycles. The molecule has 0 aliphatic carbocycles. The van der Waals surface area contributed by atoms with E-state index in [4.69, 9.17) is 5.73 Å². The Morgan fingerprint density at radius 2 is 1.90 bits per heavy atom. The third kappa shape index (κ3) is 4.40. The van der Waals surface area contributed by atoms with Crippen molar-refractivity contribution in [2.75, 3.05) is 10.6 Å². The van der Waals surface area contributed by atoms with Crippen LogP contribution in [0.2, 0.25) is 0 Å². The number of benzene rings is 1. The summed E-state index contributed by atoms with van der Waals surface area (Å²) in [6.07, 6.45) is 1.14. The van der Waals surface area contributed by atoms with Crippen LogP contribution >= 0.6 is 11.3 Å². The maximum atomic E-state index is 11.8. The predicted octanol–water partition coefficient (Wildman–Crippen LogP) is 2.81. The summed E-state index contributed by atoms with van der Waals surface area (Å²) in [5.74, 6) is -0.0626. The molecule has 0 aliphatic rings. The average molecular weight is 289 g/mol. The highest BCUT2D eigenvalue weighted by Gasteiger charge is 2.04. The van der Waals surface area contributed by atoms with Gasteiger partial charge in [-0.1, -0.05) is 6.07 Å². The van der Waals surface area contributed by atoms with Gasteiger partial charge in [0.1, 0.15) is 0 Å². The van der Waals surface area contributed by atoms with Gasteiger partial charge < -0.3 is 16.4 Å². The van der Waals surface area contributed by atoms with Crippen molar-refractivity contribution >= 4 is 34.6 Å². The van der Waals surface area contributed by atoms with Crippen molar-refractivity contribution in [1.82, 2.24) is 0 Å². The Bertz CT molecular complexity index is 596. The SMILES string of the molecule is NC(=O)Nc1cccc(NC(=O)CCc2ccsc2)c1. The maximum Gasteiger partial charge on any atom is 0.316 e. The summed E-state index contributed by atoms with van der Waals surface area (Å²) in [6.45, 7) is 0. The van der Waals surface area contributed by atoms with Crippen LogP contribution in [0.1, 0.15) is 12.0 Å². The molecule has 0 atom stereocenters. The van der Waals surface area contributed by atoms with E-state index in [2.05, 4.69) is 10.6 Å². The monoisotopic (exact) mass is 289 g/mol. The van der Waals surface area contributed by atoms with E-state index in [1.165, 1.54) is 0 Å². The molecule has 3 amide bonds. The van der Waals surface area contributed by atoms with Gasteiger partial charge in [-0.25, -0.2) is 4.79 Å². The van der Waals surface area contributed by atoms with E-state index in [0.29, 0.717) is 24.2 Å². The van der Waals surface area contributed by atoms with Crippen LogP contribution in [0.3, 0.4) is 0 Å². The van der Waals surface area contributed by atoms with E-state index in [0.717, 1.165) is 5.56 Å². The second-order valence-electron chi connectivity index (χ2n) is 4.25. The molecule has 2 aromatic rings. The fourth-order valence-corrected chi connectivity index (χ4v) is 2.44. The van der Waals surface area contributed by atoms with Gasteiger partial charge in [0.05, 0.1) is 0 Å². The molecular weight excluding hydrogens is 274 g/mol. The minimum Gasteiger partial charge on any atom is -0.351 e. The first kappa shape index (κ1) is 14.1. The van der Waals surface area contributed by atoms with Crippen molar-refractivity contribution in [3.63, 3.8) is 0 Å². The lowest BCUT2D eigenvalue weighted by Gasteiger charge is -2.07. The molecule has 5 nitrogen and oxygen atoms in total. The second-order valence-corrected chi connectivity index (χ2v) is 5.03. The van der Waals surface area contributed by atoms with Crippen molar-refractivity contribution in [2.45, 2.75) is 12.8 Å². The number of primary amides is 1. The van der Waals surface area contributed by atoms with Crippen LogP contribution in [0.25, 0.3) is 0 Å². The van der Waals surface area contributed by atoms with Crippen molar-refractivity contribution < 1.29 is 9.59 Å². The number of thiophene rings is 1. The Kier molecular flexibility index (Phi) is 4.73. The lowest BCUT2D eigenvalue weighted by atomic mass is 10.2. The number of carbonyl (C=O) groups is 2. The fraction of sp³-hybridized carbons (Fsp3) is 0.143. The lowest BCUT2D eigenvalue weighted by molar-refractivity contribution is -0.116. The Morgan fingerprint density at radius 3 is 2.55 bits per heavy atom. The number of amides is 3. The summed E-state index contributed by atoms with van der Waals surface area (Å²) in [5, 5.41) is 9.28. The van der Waals surface area contributed by atoms with Gasteiger partial charge in [0, 0.05) is 17.8 Å². The number of nitrogens with one attached hydrogen (secondary N) is 2. The van der Waals surface area contributed by atoms with Gasteiger partial charge >= 0.3 is 6.03 Å². The van der Waals surface area contributed by atoms with Crippen molar-refractivity contribution in [2.24, 2.45) is 5.73 Å². The molecule has 2 rings (SSSR count). The van der Waals surface area contributed by atoms with Crippen LogP contribution in [0.5, 0.6) is 0 Å². The van der Waals surface area contributed by atoms with Crippen molar-refractivity contribution in [1.29, 1.82) is 0 Å². The third-order valence-electron chi connectivity index (χ3n) is 2.63. The van der Waals surface area contributed by atoms with Crippen LogP contribution in [0.4, 0.5) is 16.2 Å². The molecule has 20 heavy (non-hydrogen) atoms. The molecule has 0 unspecified atom stereocenters. The van der Waals surface area contributed by atoms with Gasteiger partial charge in [-0.15, -0.1) is 0 Å². The first-order valence-corrected chi connectivity index (χ1v) is 7.05. The van der Waals surface area contributed by atoms with Gasteiger partial charge in [-0.3, -0.25) is 4.79 Å². The Morgan fingerprint density at radius 1 is 1.15 bits per heavy atom. The molecule has 0 fully saturated rings. The largest absolute Gasteiger partial charge is 0.351 e. The van der Waals surface area contributed by atoms with E-state index in [-0.39, 0.29) is 5.91 Å². The van der Waals surface area contributed by atoms with E-state index in [1.807, 2.05) is 16.8 Å². The number of urea groups is 1. The summed E-state index contributed by atoms with van der Waals surface area (Å²) in [5.41, 5.74) is 7.38. The molecule has 0 saturated heterocycles. The lowest BCUT2D eigenvalue weighted by Crippen LogP contribution is -2.19. The maximum absolute atomic E-state index is 11.8. The molecule has 0 radical (unpaired) electrons. The molecular formula is C14H15N3O2S. The van der Waals surface area contributed by atoms with E-state index in [9.17, 15) is 9.59 Å². The van der Waals surface area contributed by atoms with Crippen LogP contribution in [0.15, 0.2) is 41.1 Å². The second kappa shape index (κ2) is 6.72. The Labute approximate surface area is 120 Å². The van der Waals surface area contributed by atoms with Crippen LogP contribution in [0, 0.1) is 0 Å². The minimum atomic E-state index is -0.633. The molecule has 6 heteroatoms. The summed E-state index contributed by atoms with van der Waals surface area (Å²) in [4.78, 5) is 22.6. The van der Waals surface area contributed by atoms with E-state index < -0.39 is 6.03 Å². The molecule has 0 bridgehead atoms. The van der Waals surface area contributed by atoms with Gasteiger partial charge in [-0.2, -0.15) is 11.3 Å². The first-order chi connectivity index (χ1) is 9.63. The summed E-state index contributed by atoms with van der Waals surface area (Å²) >= 11 is 1.62. The molecule has 0 spiro atoms. The van der Waals surface area contributed by atoms with Crippen molar-refractivity contribution in [3.05, 3.63) is 46.7 Å². The summed E-state index contributed by atoms with van der Waals surface area (Å²) < 4.78 is 0. The highest BCUT2D eigenvalue weighted by Crippen LogP contribution is 2.15. The number of carbonyl (C=O) groups excluding carboxylic acids is 2. The summed E-state index contributed by atoms with van der Waals surface area (Å²) in [7, 11) is 0. The highest BCUT2D eigenvalue weighted by atomic mass is 32.1. The number of rotatable bonds is 5. The Balaban J connectivity index is 1.88. The minimum absolute atomic E-state index is 0.0626. The zero-order valence-electron chi connectivity index (χ0n) is 10.8. The molecule has 1 aromatic carbocycles. The standard InChI is InChI=1S/C14H15N3O2S/c15-14(19)17-12-3-1-2-11(8-12)16-13(18)5-4-10-6-7-20-9-10/h1-3,6-9H,4-5H2,(H,16,18)(H3,15,17,19). The molecule has 1 heterocycles. The number of hydrogen-bond acceptors (Lipinski definition) is 3. The normalized spacial score (nSPS) is 10.0. The quantitative estimate of drug-likeness (QED) is 0.790. The highest BCUT2D eigenvalue weighted by molar-refractivity contribution is 7.07. The Hall–Kier alpha value is -2.34. The van der Waals surface area contributed by atoms with Crippen molar-refractivity contribution in [3.8, 4) is 0 Å². The first-order valence-electron chi connectivity index (χ1n) is 6.11. The fourth-order valence-electron chi connectivity index (χ4n) is 1.73. The molecule has 0 aliphatic heterocycles. The zero-order valence-corrected chi connectivity index (χ0v) is 11.6. The van der Waals surface area contributed by atoms with Crippen LogP contribution in [-0.4, -0.2) is 11.9 Å². The average Bonchev–Trinajstić information content (AvgIpc) is 2.89. The van der Waals surface area contributed by atoms with Crippen LogP contribution in [-0.2, 0) is 11.2 Å². The smallest absolute Gasteiger partial charge is 0.316 e. The molecule has 4 N–H and O–H groups in total. The van der Waals surface area contributed by atoms with Gasteiger partial charge in [0.25, 0.3) is 0 Å². The number of nitrogens with two attached hydrogens (primary N) is 1. The van der Waals surface area contributed by atoms with Gasteiger partial charge in [-0.05, 0) is 47.0 Å². The molecule has 104 valence electrons. The number of anilines is 2. The molecule has 1 aromatic heterocycles. The zero-order chi connectivity index (χ0) is 14.4. The van der Waals surface area contributed by atoms with Gasteiger partial charge in [0.2, 0.25) is 5.91 Å². The third-order valence-corrected chi connectivity index (χ3v) is 3.37. The van der Waals surface area contributed by atoms with Gasteiger partial charge in [0.15, 0.2) is 0 Å². The summed E-state index contributed by atoms with van der Waals surface area (Å²) in [6, 6.07) is 8.23.